The lowest BCUT2D eigenvalue weighted by atomic mass is 9.68. The molecule has 8 heteroatoms. The number of nitrogens with two attached hydrogens (primary N) is 1. The lowest BCUT2D eigenvalue weighted by Crippen LogP contribution is -2.45. The first-order chi connectivity index (χ1) is 14.9. The van der Waals surface area contributed by atoms with Gasteiger partial charge in [-0.25, -0.2) is 4.68 Å². The van der Waals surface area contributed by atoms with E-state index in [2.05, 4.69) is 11.2 Å². The van der Waals surface area contributed by atoms with Gasteiger partial charge in [0.25, 0.3) is 0 Å². The highest BCUT2D eigenvalue weighted by molar-refractivity contribution is 6.30. The number of ether oxygens (including phenoxy) is 2. The zero-order valence-corrected chi connectivity index (χ0v) is 17.7. The molecule has 3 aromatic rings. The van der Waals surface area contributed by atoms with E-state index >= 15 is 0 Å². The Kier molecular flexibility index (Phi) is 5.17. The largest absolute Gasteiger partial charge is 0.465 e. The molecule has 4 rings (SSSR count). The molecule has 0 fully saturated rings. The number of carbonyl (C=O) groups excluding carboxylic acids is 1. The van der Waals surface area contributed by atoms with Crippen LogP contribution in [0.3, 0.4) is 0 Å². The number of benzene rings is 2. The van der Waals surface area contributed by atoms with Crippen molar-refractivity contribution in [3.8, 4) is 17.6 Å². The van der Waals surface area contributed by atoms with Crippen LogP contribution in [-0.2, 0) is 14.9 Å². The van der Waals surface area contributed by atoms with E-state index < -0.39 is 11.4 Å². The fourth-order valence-corrected chi connectivity index (χ4v) is 4.06. The number of nitrogens with zero attached hydrogens (tertiary/aromatic N) is 3. The van der Waals surface area contributed by atoms with Gasteiger partial charge in [0.05, 0.1) is 23.6 Å². The van der Waals surface area contributed by atoms with Gasteiger partial charge in [0, 0.05) is 5.02 Å². The molecule has 2 N–H and O–H groups in total. The Morgan fingerprint density at radius 3 is 2.55 bits per heavy atom. The van der Waals surface area contributed by atoms with Crippen LogP contribution in [0.2, 0.25) is 5.02 Å². The third-order valence-electron chi connectivity index (χ3n) is 5.19. The Hall–Kier alpha value is -3.76. The highest BCUT2D eigenvalue weighted by Gasteiger charge is 2.56. The number of nitriles is 1. The Bertz CT molecular complexity index is 1230. The molecule has 1 aromatic heterocycles. The quantitative estimate of drug-likeness (QED) is 0.627. The zero-order chi connectivity index (χ0) is 22.2. The minimum absolute atomic E-state index is 0.0385. The minimum atomic E-state index is -1.61. The SMILES string of the molecule is CCOC(=O)C1(c2ccccc2)C(C#N)=C(N)Oc2c1c(C)nn2-c1ccc(Cl)cc1. The van der Waals surface area contributed by atoms with Crippen molar-refractivity contribution in [2.24, 2.45) is 5.73 Å². The number of fused-ring (bicyclic) bond motifs is 1. The van der Waals surface area contributed by atoms with Crippen LogP contribution < -0.4 is 10.5 Å². The summed E-state index contributed by atoms with van der Waals surface area (Å²) in [5.74, 6) is -0.556. The summed E-state index contributed by atoms with van der Waals surface area (Å²) in [7, 11) is 0. The molecule has 1 unspecified atom stereocenters. The molecule has 0 radical (unpaired) electrons. The van der Waals surface area contributed by atoms with Gasteiger partial charge in [0.2, 0.25) is 11.8 Å². The van der Waals surface area contributed by atoms with E-state index in [1.165, 1.54) is 0 Å². The van der Waals surface area contributed by atoms with Crippen LogP contribution in [0.5, 0.6) is 5.88 Å². The zero-order valence-electron chi connectivity index (χ0n) is 16.9. The molecule has 1 aliphatic rings. The number of aromatic nitrogens is 2. The minimum Gasteiger partial charge on any atom is -0.465 e. The van der Waals surface area contributed by atoms with Gasteiger partial charge in [-0.3, -0.25) is 4.79 Å². The summed E-state index contributed by atoms with van der Waals surface area (Å²) in [6, 6.07) is 18.0. The van der Waals surface area contributed by atoms with Gasteiger partial charge in [-0.1, -0.05) is 41.9 Å². The molecular weight excluding hydrogens is 416 g/mol. The predicted molar refractivity (Wildman–Crippen MR) is 115 cm³/mol. The van der Waals surface area contributed by atoms with Crippen LogP contribution in [-0.4, -0.2) is 22.4 Å². The van der Waals surface area contributed by atoms with Crippen molar-refractivity contribution in [2.45, 2.75) is 19.3 Å². The molecule has 1 aliphatic heterocycles. The van der Waals surface area contributed by atoms with Gasteiger partial charge in [-0.05, 0) is 43.7 Å². The molecule has 0 aliphatic carbocycles. The standard InChI is InChI=1S/C23H19ClN4O3/c1-3-30-22(29)23(15-7-5-4-6-8-15)18(13-25)20(26)31-21-19(23)14(2)27-28(21)17-11-9-16(24)10-12-17/h4-12H,3,26H2,1-2H3. The Labute approximate surface area is 184 Å². The maximum absolute atomic E-state index is 13.6. The summed E-state index contributed by atoms with van der Waals surface area (Å²) in [6.07, 6.45) is 0. The van der Waals surface area contributed by atoms with Crippen molar-refractivity contribution >= 4 is 17.6 Å². The summed E-state index contributed by atoms with van der Waals surface area (Å²) < 4.78 is 12.9. The van der Waals surface area contributed by atoms with Crippen molar-refractivity contribution in [1.82, 2.24) is 9.78 Å². The smallest absolute Gasteiger partial charge is 0.326 e. The van der Waals surface area contributed by atoms with E-state index in [0.29, 0.717) is 27.5 Å². The first kappa shape index (κ1) is 20.5. The number of rotatable bonds is 4. The molecule has 0 saturated heterocycles. The average Bonchev–Trinajstić information content (AvgIpc) is 3.10. The first-order valence-electron chi connectivity index (χ1n) is 9.62. The summed E-state index contributed by atoms with van der Waals surface area (Å²) >= 11 is 6.02. The summed E-state index contributed by atoms with van der Waals surface area (Å²) in [4.78, 5) is 13.6. The third-order valence-corrected chi connectivity index (χ3v) is 5.44. The van der Waals surface area contributed by atoms with E-state index in [4.69, 9.17) is 26.8 Å². The molecule has 31 heavy (non-hydrogen) atoms. The van der Waals surface area contributed by atoms with Gasteiger partial charge in [0.1, 0.15) is 11.6 Å². The van der Waals surface area contributed by atoms with E-state index in [0.717, 1.165) is 0 Å². The second kappa shape index (κ2) is 7.82. The number of carbonyl (C=O) groups is 1. The third kappa shape index (κ3) is 3.04. The van der Waals surface area contributed by atoms with Gasteiger partial charge >= 0.3 is 5.97 Å². The summed E-state index contributed by atoms with van der Waals surface area (Å²) in [5.41, 5.74) is 6.66. The van der Waals surface area contributed by atoms with E-state index in [1.54, 1.807) is 67.1 Å². The summed E-state index contributed by atoms with van der Waals surface area (Å²) in [5, 5.41) is 15.2. The van der Waals surface area contributed by atoms with Gasteiger partial charge < -0.3 is 15.2 Å². The second-order valence-corrected chi connectivity index (χ2v) is 7.38. The van der Waals surface area contributed by atoms with Crippen LogP contribution in [0.25, 0.3) is 5.69 Å². The summed E-state index contributed by atoms with van der Waals surface area (Å²) in [6.45, 7) is 3.59. The average molecular weight is 435 g/mol. The number of hydrogen-bond donors (Lipinski definition) is 1. The van der Waals surface area contributed by atoms with E-state index in [9.17, 15) is 10.1 Å². The normalized spacial score (nSPS) is 17.5. The Morgan fingerprint density at radius 2 is 1.94 bits per heavy atom. The molecule has 0 bridgehead atoms. The fourth-order valence-electron chi connectivity index (χ4n) is 3.93. The molecule has 2 aromatic carbocycles. The number of aryl methyl sites for hydroxylation is 1. The molecule has 156 valence electrons. The lowest BCUT2D eigenvalue weighted by Gasteiger charge is -2.35. The highest BCUT2D eigenvalue weighted by atomic mass is 35.5. The number of hydrogen-bond acceptors (Lipinski definition) is 6. The molecule has 2 heterocycles. The van der Waals surface area contributed by atoms with Crippen LogP contribution in [0.1, 0.15) is 23.7 Å². The van der Waals surface area contributed by atoms with E-state index in [-0.39, 0.29) is 23.9 Å². The number of halogens is 1. The van der Waals surface area contributed by atoms with Crippen LogP contribution in [0, 0.1) is 18.3 Å². The van der Waals surface area contributed by atoms with Crippen molar-refractivity contribution in [3.63, 3.8) is 0 Å². The molecule has 0 spiro atoms. The van der Waals surface area contributed by atoms with Crippen molar-refractivity contribution < 1.29 is 14.3 Å². The monoisotopic (exact) mass is 434 g/mol. The maximum atomic E-state index is 13.6. The van der Waals surface area contributed by atoms with Crippen molar-refractivity contribution in [1.29, 1.82) is 5.26 Å². The second-order valence-electron chi connectivity index (χ2n) is 6.94. The first-order valence-corrected chi connectivity index (χ1v) is 9.99. The molecular formula is C23H19ClN4O3. The molecule has 0 saturated carbocycles. The number of esters is 1. The Balaban J connectivity index is 2.10. The predicted octanol–water partition coefficient (Wildman–Crippen LogP) is 3.77. The van der Waals surface area contributed by atoms with Crippen LogP contribution >= 0.6 is 11.6 Å². The topological polar surface area (TPSA) is 103 Å². The maximum Gasteiger partial charge on any atom is 0.326 e. The fraction of sp³-hybridized carbons (Fsp3) is 0.174. The highest BCUT2D eigenvalue weighted by Crippen LogP contribution is 2.50. The molecule has 1 atom stereocenters. The van der Waals surface area contributed by atoms with E-state index in [1.807, 2.05) is 6.07 Å². The van der Waals surface area contributed by atoms with Crippen LogP contribution in [0.4, 0.5) is 0 Å². The van der Waals surface area contributed by atoms with Gasteiger partial charge in [-0.2, -0.15) is 10.4 Å². The molecule has 0 amide bonds. The Morgan fingerprint density at radius 1 is 1.26 bits per heavy atom. The van der Waals surface area contributed by atoms with Crippen molar-refractivity contribution in [3.05, 3.63) is 87.9 Å². The van der Waals surface area contributed by atoms with Gasteiger partial charge in [-0.15, -0.1) is 0 Å². The van der Waals surface area contributed by atoms with Crippen LogP contribution in [0.15, 0.2) is 66.1 Å². The molecule has 7 nitrogen and oxygen atoms in total. The lowest BCUT2D eigenvalue weighted by molar-refractivity contribution is -0.147. The van der Waals surface area contributed by atoms with Crippen molar-refractivity contribution in [2.75, 3.05) is 6.61 Å². The van der Waals surface area contributed by atoms with Gasteiger partial charge in [0.15, 0.2) is 5.41 Å².